The van der Waals surface area contributed by atoms with Crippen LogP contribution in [-0.2, 0) is 22.4 Å². The van der Waals surface area contributed by atoms with Crippen molar-refractivity contribution in [1.82, 2.24) is 25.7 Å². The first-order chi connectivity index (χ1) is 14.1. The zero-order valence-corrected chi connectivity index (χ0v) is 16.7. The van der Waals surface area contributed by atoms with Crippen LogP contribution in [0.25, 0.3) is 0 Å². The van der Waals surface area contributed by atoms with Crippen molar-refractivity contribution in [3.63, 3.8) is 0 Å². The van der Waals surface area contributed by atoms with E-state index in [9.17, 15) is 14.4 Å². The SMILES string of the molecule is O=C(CN1CCOC1=O)NC[C@@H]1CCC[C@H](NC(=O)c2n[nH]c3c2CCCC3)C1. The zero-order chi connectivity index (χ0) is 20.2. The predicted octanol–water partition coefficient (Wildman–Crippen LogP) is 1.15. The van der Waals surface area contributed by atoms with Gasteiger partial charge in [-0.1, -0.05) is 6.42 Å². The molecule has 1 aromatic rings. The number of H-pyrrole nitrogens is 1. The van der Waals surface area contributed by atoms with Crippen molar-refractivity contribution >= 4 is 17.9 Å². The molecule has 1 saturated heterocycles. The number of aryl methyl sites for hydroxylation is 1. The van der Waals surface area contributed by atoms with Crippen LogP contribution in [0.5, 0.6) is 0 Å². The average Bonchev–Trinajstić information content (AvgIpc) is 3.33. The number of hydrogen-bond acceptors (Lipinski definition) is 5. The van der Waals surface area contributed by atoms with Crippen LogP contribution in [0.3, 0.4) is 0 Å². The number of rotatable bonds is 6. The van der Waals surface area contributed by atoms with Gasteiger partial charge in [-0.05, 0) is 50.9 Å². The lowest BCUT2D eigenvalue weighted by atomic mass is 9.85. The molecular formula is C20H29N5O4. The Hall–Kier alpha value is -2.58. The Labute approximate surface area is 169 Å². The smallest absolute Gasteiger partial charge is 0.410 e. The second kappa shape index (κ2) is 8.84. The standard InChI is InChI=1S/C20H29N5O4/c26-17(12-25-8-9-29-20(25)28)21-11-13-4-3-5-14(10-13)22-19(27)18-15-6-1-2-7-16(15)23-24-18/h13-14H,1-12H2,(H,21,26)(H,22,27)(H,23,24)/t13-,14+/m1/s1. The fraction of sp³-hybridized carbons (Fsp3) is 0.700. The molecule has 9 heteroatoms. The molecular weight excluding hydrogens is 374 g/mol. The summed E-state index contributed by atoms with van der Waals surface area (Å²) >= 11 is 0. The van der Waals surface area contributed by atoms with Crippen LogP contribution < -0.4 is 10.6 Å². The third-order valence-corrected chi connectivity index (χ3v) is 6.16. The van der Waals surface area contributed by atoms with Gasteiger partial charge in [0.1, 0.15) is 13.2 Å². The van der Waals surface area contributed by atoms with Crippen LogP contribution in [0, 0.1) is 5.92 Å². The lowest BCUT2D eigenvalue weighted by Crippen LogP contribution is -2.43. The number of ether oxygens (including phenoxy) is 1. The summed E-state index contributed by atoms with van der Waals surface area (Å²) in [6.45, 7) is 1.40. The second-order valence-electron chi connectivity index (χ2n) is 8.28. The summed E-state index contributed by atoms with van der Waals surface area (Å²) in [6, 6.07) is 0.0997. The van der Waals surface area contributed by atoms with Gasteiger partial charge in [0.15, 0.2) is 5.69 Å². The third kappa shape index (κ3) is 4.71. The minimum absolute atomic E-state index is 0.0377. The summed E-state index contributed by atoms with van der Waals surface area (Å²) in [7, 11) is 0. The number of hydrogen-bond donors (Lipinski definition) is 3. The average molecular weight is 403 g/mol. The normalized spacial score (nSPS) is 24.0. The molecule has 0 unspecified atom stereocenters. The van der Waals surface area contributed by atoms with Gasteiger partial charge < -0.3 is 15.4 Å². The van der Waals surface area contributed by atoms with Gasteiger partial charge in [0.25, 0.3) is 5.91 Å². The molecule has 1 aromatic heterocycles. The molecule has 29 heavy (non-hydrogen) atoms. The fourth-order valence-electron chi connectivity index (χ4n) is 4.59. The topological polar surface area (TPSA) is 116 Å². The Morgan fingerprint density at radius 2 is 2.07 bits per heavy atom. The van der Waals surface area contributed by atoms with E-state index in [0.717, 1.165) is 62.6 Å². The number of fused-ring (bicyclic) bond motifs is 1. The molecule has 1 saturated carbocycles. The van der Waals surface area contributed by atoms with E-state index in [1.807, 2.05) is 0 Å². The molecule has 2 fully saturated rings. The van der Waals surface area contributed by atoms with E-state index in [4.69, 9.17) is 4.74 Å². The summed E-state index contributed by atoms with van der Waals surface area (Å²) in [4.78, 5) is 37.7. The molecule has 0 aromatic carbocycles. The molecule has 158 valence electrons. The Morgan fingerprint density at radius 1 is 1.21 bits per heavy atom. The molecule has 9 nitrogen and oxygen atoms in total. The van der Waals surface area contributed by atoms with E-state index >= 15 is 0 Å². The summed E-state index contributed by atoms with van der Waals surface area (Å²) in [5, 5.41) is 13.4. The van der Waals surface area contributed by atoms with E-state index < -0.39 is 6.09 Å². The van der Waals surface area contributed by atoms with Gasteiger partial charge in [0, 0.05) is 23.8 Å². The summed E-state index contributed by atoms with van der Waals surface area (Å²) in [5.41, 5.74) is 2.73. The van der Waals surface area contributed by atoms with Crippen molar-refractivity contribution in [1.29, 1.82) is 0 Å². The Morgan fingerprint density at radius 3 is 2.90 bits per heavy atom. The maximum absolute atomic E-state index is 12.7. The van der Waals surface area contributed by atoms with Crippen molar-refractivity contribution in [3.8, 4) is 0 Å². The number of aromatic nitrogens is 2. The number of nitrogens with one attached hydrogen (secondary N) is 3. The van der Waals surface area contributed by atoms with Crippen LogP contribution >= 0.6 is 0 Å². The fourth-order valence-corrected chi connectivity index (χ4v) is 4.59. The highest BCUT2D eigenvalue weighted by Gasteiger charge is 2.28. The molecule has 1 aliphatic heterocycles. The maximum atomic E-state index is 12.7. The Bertz CT molecular complexity index is 777. The van der Waals surface area contributed by atoms with E-state index in [2.05, 4.69) is 20.8 Å². The maximum Gasteiger partial charge on any atom is 0.410 e. The van der Waals surface area contributed by atoms with E-state index in [-0.39, 0.29) is 24.4 Å². The third-order valence-electron chi connectivity index (χ3n) is 6.16. The number of amides is 3. The van der Waals surface area contributed by atoms with Crippen LogP contribution in [0.15, 0.2) is 0 Å². The lowest BCUT2D eigenvalue weighted by molar-refractivity contribution is -0.121. The van der Waals surface area contributed by atoms with Gasteiger partial charge in [0.2, 0.25) is 5.91 Å². The van der Waals surface area contributed by atoms with Gasteiger partial charge in [-0.2, -0.15) is 5.10 Å². The first kappa shape index (κ1) is 19.7. The molecule has 0 spiro atoms. The summed E-state index contributed by atoms with van der Waals surface area (Å²) in [6.07, 6.45) is 7.53. The van der Waals surface area contributed by atoms with Crippen LogP contribution in [0.4, 0.5) is 4.79 Å². The predicted molar refractivity (Wildman–Crippen MR) is 104 cm³/mol. The largest absolute Gasteiger partial charge is 0.448 e. The van der Waals surface area contributed by atoms with E-state index in [1.54, 1.807) is 0 Å². The molecule has 0 radical (unpaired) electrons. The van der Waals surface area contributed by atoms with Gasteiger partial charge in [-0.3, -0.25) is 19.6 Å². The first-order valence-corrected chi connectivity index (χ1v) is 10.7. The first-order valence-electron chi connectivity index (χ1n) is 10.7. The summed E-state index contributed by atoms with van der Waals surface area (Å²) < 4.78 is 4.84. The number of carbonyl (C=O) groups is 3. The molecule has 0 bridgehead atoms. The molecule has 3 amide bonds. The van der Waals surface area contributed by atoms with Gasteiger partial charge in [-0.15, -0.1) is 0 Å². The highest BCUT2D eigenvalue weighted by molar-refractivity contribution is 5.94. The quantitative estimate of drug-likeness (QED) is 0.659. The highest BCUT2D eigenvalue weighted by Crippen LogP contribution is 2.25. The van der Waals surface area contributed by atoms with Crippen LogP contribution in [0.1, 0.15) is 60.3 Å². The summed E-state index contributed by atoms with van der Waals surface area (Å²) in [5.74, 6) is 0.0569. The Balaban J connectivity index is 1.24. The number of cyclic esters (lactones) is 1. The molecule has 3 aliphatic rings. The Kier molecular flexibility index (Phi) is 6.01. The zero-order valence-electron chi connectivity index (χ0n) is 16.7. The number of aromatic amines is 1. The van der Waals surface area contributed by atoms with Crippen LogP contribution in [-0.4, -0.2) is 65.3 Å². The van der Waals surface area contributed by atoms with Gasteiger partial charge in [0.05, 0.1) is 6.54 Å². The second-order valence-corrected chi connectivity index (χ2v) is 8.28. The van der Waals surface area contributed by atoms with E-state index in [0.29, 0.717) is 31.3 Å². The van der Waals surface area contributed by atoms with Crippen molar-refractivity contribution in [2.75, 3.05) is 26.2 Å². The molecule has 2 aliphatic carbocycles. The van der Waals surface area contributed by atoms with Crippen molar-refractivity contribution in [2.24, 2.45) is 5.92 Å². The molecule has 4 rings (SSSR count). The van der Waals surface area contributed by atoms with Crippen LogP contribution in [0.2, 0.25) is 0 Å². The number of carbonyl (C=O) groups excluding carboxylic acids is 3. The van der Waals surface area contributed by atoms with Gasteiger partial charge in [-0.25, -0.2) is 4.79 Å². The number of nitrogens with zero attached hydrogens (tertiary/aromatic N) is 2. The lowest BCUT2D eigenvalue weighted by Gasteiger charge is -2.30. The molecule has 2 heterocycles. The highest BCUT2D eigenvalue weighted by atomic mass is 16.6. The molecule has 3 N–H and O–H groups in total. The molecule has 2 atom stereocenters. The van der Waals surface area contributed by atoms with Crippen molar-refractivity contribution in [3.05, 3.63) is 17.0 Å². The van der Waals surface area contributed by atoms with Crippen molar-refractivity contribution in [2.45, 2.75) is 57.4 Å². The monoisotopic (exact) mass is 403 g/mol. The van der Waals surface area contributed by atoms with Crippen molar-refractivity contribution < 1.29 is 19.1 Å². The van der Waals surface area contributed by atoms with E-state index in [1.165, 1.54) is 4.90 Å². The van der Waals surface area contributed by atoms with Gasteiger partial charge >= 0.3 is 6.09 Å². The minimum atomic E-state index is -0.429. The minimum Gasteiger partial charge on any atom is -0.448 e.